The van der Waals surface area contributed by atoms with Crippen LogP contribution in [0, 0.1) is 0 Å². The average Bonchev–Trinajstić information content (AvgIpc) is 2.99. The maximum atomic E-state index is 5.24. The summed E-state index contributed by atoms with van der Waals surface area (Å²) < 4.78 is 7.59. The van der Waals surface area contributed by atoms with Gasteiger partial charge in [-0.2, -0.15) is 0 Å². The van der Waals surface area contributed by atoms with Crippen LogP contribution < -0.4 is 14.2 Å². The van der Waals surface area contributed by atoms with Gasteiger partial charge in [-0.3, -0.25) is 4.90 Å². The van der Waals surface area contributed by atoms with Crippen LogP contribution in [-0.2, 0) is 13.1 Å². The number of ether oxygens (including phenoxy) is 1. The molecule has 0 bridgehead atoms. The van der Waals surface area contributed by atoms with Crippen molar-refractivity contribution in [3.05, 3.63) is 66.4 Å². The molecule has 3 nitrogen and oxygen atoms in total. The zero-order valence-corrected chi connectivity index (χ0v) is 12.7. The Morgan fingerprint density at radius 3 is 2.68 bits per heavy atom. The van der Waals surface area contributed by atoms with Crippen molar-refractivity contribution < 1.29 is 9.30 Å². The van der Waals surface area contributed by atoms with Crippen LogP contribution in [0.25, 0.3) is 10.8 Å². The summed E-state index contributed by atoms with van der Waals surface area (Å²) >= 11 is 0. The predicted molar refractivity (Wildman–Crippen MR) is 88.2 cm³/mol. The molecular weight excluding hydrogens is 272 g/mol. The minimum Gasteiger partial charge on any atom is -0.497 e. The first-order chi connectivity index (χ1) is 10.8. The van der Waals surface area contributed by atoms with E-state index < -0.39 is 0 Å². The van der Waals surface area contributed by atoms with Gasteiger partial charge in [0, 0.05) is 0 Å². The zero-order chi connectivity index (χ0) is 14.9. The summed E-state index contributed by atoms with van der Waals surface area (Å²) in [5, 5.41) is 2.63. The smallest absolute Gasteiger partial charge is 0.285 e. The van der Waals surface area contributed by atoms with Crippen molar-refractivity contribution in [1.29, 1.82) is 0 Å². The van der Waals surface area contributed by atoms with Crippen LogP contribution in [0.1, 0.15) is 5.56 Å². The van der Waals surface area contributed by atoms with Crippen molar-refractivity contribution in [2.45, 2.75) is 13.1 Å². The monoisotopic (exact) mass is 291 g/mol. The molecule has 0 fully saturated rings. The molecule has 0 N–H and O–H groups in total. The van der Waals surface area contributed by atoms with E-state index >= 15 is 0 Å². The highest BCUT2D eigenvalue weighted by molar-refractivity contribution is 5.90. The maximum Gasteiger partial charge on any atom is 0.285 e. The van der Waals surface area contributed by atoms with E-state index in [2.05, 4.69) is 58.1 Å². The minimum atomic E-state index is 0.908. The van der Waals surface area contributed by atoms with Crippen molar-refractivity contribution in [2.75, 3.05) is 18.6 Å². The number of nitrogens with zero attached hydrogens (tertiary/aromatic N) is 2. The normalized spacial score (nSPS) is 13.4. The van der Waals surface area contributed by atoms with Crippen LogP contribution >= 0.6 is 0 Å². The summed E-state index contributed by atoms with van der Waals surface area (Å²) in [6.45, 7) is 3.04. The van der Waals surface area contributed by atoms with Gasteiger partial charge in [0.15, 0.2) is 0 Å². The second kappa shape index (κ2) is 5.34. The summed E-state index contributed by atoms with van der Waals surface area (Å²) in [7, 11) is 1.70. The molecular formula is C19H19N2O+. The predicted octanol–water partition coefficient (Wildman–Crippen LogP) is 3.16. The lowest BCUT2D eigenvalue weighted by molar-refractivity contribution is -0.669. The lowest BCUT2D eigenvalue weighted by Crippen LogP contribution is -2.30. The molecule has 4 rings (SSSR count). The second-order valence-corrected chi connectivity index (χ2v) is 5.69. The van der Waals surface area contributed by atoms with Gasteiger partial charge in [-0.1, -0.05) is 30.3 Å². The molecule has 2 aromatic carbocycles. The van der Waals surface area contributed by atoms with Gasteiger partial charge < -0.3 is 4.74 Å². The fourth-order valence-electron chi connectivity index (χ4n) is 3.21. The third-order valence-corrected chi connectivity index (χ3v) is 4.35. The van der Waals surface area contributed by atoms with Crippen LogP contribution in [0.15, 0.2) is 60.8 Å². The molecule has 3 aromatic rings. The largest absolute Gasteiger partial charge is 0.497 e. The Morgan fingerprint density at radius 1 is 1.05 bits per heavy atom. The van der Waals surface area contributed by atoms with Crippen molar-refractivity contribution in [2.24, 2.45) is 0 Å². The molecule has 1 aromatic heterocycles. The first-order valence-corrected chi connectivity index (χ1v) is 7.64. The van der Waals surface area contributed by atoms with Gasteiger partial charge in [0.05, 0.1) is 18.7 Å². The molecule has 0 saturated carbocycles. The van der Waals surface area contributed by atoms with Gasteiger partial charge in [0.25, 0.3) is 5.82 Å². The van der Waals surface area contributed by atoms with E-state index in [1.165, 1.54) is 22.2 Å². The summed E-state index contributed by atoms with van der Waals surface area (Å²) in [6.07, 6.45) is 2.20. The molecule has 0 radical (unpaired) electrons. The highest BCUT2D eigenvalue weighted by Gasteiger charge is 2.29. The lowest BCUT2D eigenvalue weighted by atomic mass is 10.1. The highest BCUT2D eigenvalue weighted by atomic mass is 16.5. The summed E-state index contributed by atoms with van der Waals surface area (Å²) in [6, 6.07) is 19.2. The van der Waals surface area contributed by atoms with Gasteiger partial charge >= 0.3 is 0 Å². The molecule has 2 heterocycles. The number of fused-ring (bicyclic) bond motifs is 3. The van der Waals surface area contributed by atoms with Crippen LogP contribution in [0.2, 0.25) is 0 Å². The quantitative estimate of drug-likeness (QED) is 0.689. The molecule has 0 unspecified atom stereocenters. The van der Waals surface area contributed by atoms with Gasteiger partial charge in [-0.15, -0.1) is 0 Å². The first kappa shape index (κ1) is 13.1. The molecule has 0 atom stereocenters. The van der Waals surface area contributed by atoms with Crippen LogP contribution in [-0.4, -0.2) is 13.7 Å². The van der Waals surface area contributed by atoms with E-state index in [9.17, 15) is 0 Å². The van der Waals surface area contributed by atoms with E-state index in [-0.39, 0.29) is 0 Å². The fraction of sp³-hybridized carbons (Fsp3) is 0.211. The molecule has 110 valence electrons. The van der Waals surface area contributed by atoms with Gasteiger partial charge in [0.2, 0.25) is 0 Å². The van der Waals surface area contributed by atoms with Crippen molar-refractivity contribution >= 4 is 16.6 Å². The third-order valence-electron chi connectivity index (χ3n) is 4.35. The Labute approximate surface area is 130 Å². The number of rotatable bonds is 3. The van der Waals surface area contributed by atoms with Crippen LogP contribution in [0.3, 0.4) is 0 Å². The molecule has 3 heteroatoms. The van der Waals surface area contributed by atoms with Crippen LogP contribution in [0.4, 0.5) is 5.82 Å². The van der Waals surface area contributed by atoms with E-state index in [0.29, 0.717) is 0 Å². The SMILES string of the molecule is COc1ccc(CN2CC[n+]3ccc4ccccc4c32)cc1. The van der Waals surface area contributed by atoms with E-state index in [0.717, 1.165) is 25.4 Å². The molecule has 1 aliphatic rings. The molecule has 0 amide bonds. The fourth-order valence-corrected chi connectivity index (χ4v) is 3.21. The summed E-state index contributed by atoms with van der Waals surface area (Å²) in [5.74, 6) is 2.24. The average molecular weight is 291 g/mol. The number of anilines is 1. The molecule has 0 aliphatic carbocycles. The Morgan fingerprint density at radius 2 is 1.86 bits per heavy atom. The number of pyridine rings is 1. The Hall–Kier alpha value is -2.55. The van der Waals surface area contributed by atoms with E-state index in [1.807, 2.05) is 12.1 Å². The standard InChI is InChI=1S/C19H19N2O/c1-22-17-8-6-15(7-9-17)14-21-13-12-20-11-10-16-4-2-3-5-18(16)19(20)21/h2-11H,12-14H2,1H3/q+1. The van der Waals surface area contributed by atoms with E-state index in [4.69, 9.17) is 4.74 Å². The summed E-state index contributed by atoms with van der Waals surface area (Å²) in [5.41, 5.74) is 1.31. The van der Waals surface area contributed by atoms with Crippen molar-refractivity contribution in [3.63, 3.8) is 0 Å². The van der Waals surface area contributed by atoms with Gasteiger partial charge in [-0.05, 0) is 35.2 Å². The molecule has 22 heavy (non-hydrogen) atoms. The number of hydrogen-bond acceptors (Lipinski definition) is 2. The summed E-state index contributed by atoms with van der Waals surface area (Å²) in [4.78, 5) is 2.46. The van der Waals surface area contributed by atoms with E-state index in [1.54, 1.807) is 7.11 Å². The number of aromatic nitrogens is 1. The third kappa shape index (κ3) is 2.19. The van der Waals surface area contributed by atoms with Crippen molar-refractivity contribution in [3.8, 4) is 5.75 Å². The Bertz CT molecular complexity index is 811. The number of methoxy groups -OCH3 is 1. The Kier molecular flexibility index (Phi) is 3.19. The highest BCUT2D eigenvalue weighted by Crippen LogP contribution is 2.27. The Balaban J connectivity index is 1.70. The van der Waals surface area contributed by atoms with Crippen LogP contribution in [0.5, 0.6) is 5.75 Å². The molecule has 0 saturated heterocycles. The first-order valence-electron chi connectivity index (χ1n) is 7.64. The maximum absolute atomic E-state index is 5.24. The molecule has 1 aliphatic heterocycles. The topological polar surface area (TPSA) is 16.4 Å². The number of benzene rings is 2. The number of hydrogen-bond donors (Lipinski definition) is 0. The zero-order valence-electron chi connectivity index (χ0n) is 12.7. The van der Waals surface area contributed by atoms with Crippen molar-refractivity contribution in [1.82, 2.24) is 0 Å². The second-order valence-electron chi connectivity index (χ2n) is 5.69. The lowest BCUT2D eigenvalue weighted by Gasteiger charge is -2.12. The minimum absolute atomic E-state index is 0.908. The van der Waals surface area contributed by atoms with Gasteiger partial charge in [-0.25, -0.2) is 4.57 Å². The molecule has 0 spiro atoms. The van der Waals surface area contributed by atoms with Gasteiger partial charge in [0.1, 0.15) is 25.4 Å².